The lowest BCUT2D eigenvalue weighted by Crippen LogP contribution is -2.42. The van der Waals surface area contributed by atoms with E-state index in [0.29, 0.717) is 107 Å². The molecule has 24 nitrogen and oxygen atoms in total. The Morgan fingerprint density at radius 1 is 0.496 bits per heavy atom. The molecule has 0 unspecified atom stereocenters. The van der Waals surface area contributed by atoms with Crippen LogP contribution in [-0.2, 0) is 76.9 Å². The Balaban J connectivity index is 0.000000154. The van der Waals surface area contributed by atoms with E-state index < -0.39 is 34.0 Å². The number of nitrogens with one attached hydrogen (secondary N) is 4. The highest BCUT2D eigenvalue weighted by atomic mass is 35.5. The van der Waals surface area contributed by atoms with Crippen molar-refractivity contribution < 1.29 is 57.1 Å². The number of aliphatic carboxylic acids is 1. The summed E-state index contributed by atoms with van der Waals surface area (Å²) in [7, 11) is 1.91. The fraction of sp³-hybridized carbons (Fsp3) is 0.520. The number of nitrogens with zero attached hydrogens (tertiary/aromatic N) is 9. The summed E-state index contributed by atoms with van der Waals surface area (Å²) in [6, 6.07) is 40.0. The van der Waals surface area contributed by atoms with Crippen LogP contribution in [0, 0.1) is 46.7 Å². The number of rotatable bonds is 36. The van der Waals surface area contributed by atoms with Gasteiger partial charge in [0.05, 0.1) is 68.4 Å². The minimum atomic E-state index is -0.817. The summed E-state index contributed by atoms with van der Waals surface area (Å²) < 4.78 is 50.1. The molecular weight excluding hydrogens is 1650 g/mol. The summed E-state index contributed by atoms with van der Waals surface area (Å²) in [6.07, 6.45) is 23.4. The van der Waals surface area contributed by atoms with E-state index in [9.17, 15) is 28.7 Å². The van der Waals surface area contributed by atoms with Crippen molar-refractivity contribution in [1.82, 2.24) is 19.7 Å². The van der Waals surface area contributed by atoms with Gasteiger partial charge in [-0.1, -0.05) is 117 Å². The molecule has 0 radical (unpaired) electrons. The molecule has 682 valence electrons. The highest BCUT2D eigenvalue weighted by Crippen LogP contribution is 2.52. The number of carbonyl (C=O) groups excluding carboxylic acids is 3. The maximum absolute atomic E-state index is 14.7. The Labute approximate surface area is 759 Å². The average Bonchev–Trinajstić information content (AvgIpc) is 1.03. The second-order valence-electron chi connectivity index (χ2n) is 37.2. The lowest BCUT2D eigenvalue weighted by Gasteiger charge is -2.42. The molecule has 15 rings (SSSR count). The van der Waals surface area contributed by atoms with E-state index >= 15 is 0 Å². The predicted molar refractivity (Wildman–Crippen MR) is 503 cm³/mol. The van der Waals surface area contributed by atoms with Gasteiger partial charge in [0.15, 0.2) is 5.82 Å². The van der Waals surface area contributed by atoms with E-state index in [-0.39, 0.29) is 0 Å². The van der Waals surface area contributed by atoms with Gasteiger partial charge < -0.3 is 74.4 Å². The van der Waals surface area contributed by atoms with E-state index in [4.69, 9.17) is 61.9 Å². The van der Waals surface area contributed by atoms with Crippen LogP contribution in [0.25, 0.3) is 0 Å². The van der Waals surface area contributed by atoms with E-state index in [1.807, 2.05) is 68.0 Å². The molecule has 7 aliphatic rings. The van der Waals surface area contributed by atoms with Crippen LogP contribution >= 0.6 is 23.2 Å². The third-order valence-electron chi connectivity index (χ3n) is 25.4. The van der Waals surface area contributed by atoms with Crippen LogP contribution < -0.4 is 40.9 Å². The molecule has 127 heavy (non-hydrogen) atoms. The number of benzene rings is 5. The molecule has 3 saturated heterocycles. The molecule has 5 N–H and O–H groups in total. The summed E-state index contributed by atoms with van der Waals surface area (Å²) in [4.78, 5) is 64.7. The van der Waals surface area contributed by atoms with Crippen molar-refractivity contribution in [3.8, 4) is 6.07 Å². The monoisotopic (exact) mass is 1780 g/mol. The molecule has 8 aromatic rings. The first-order valence-electron chi connectivity index (χ1n) is 45.6. The van der Waals surface area contributed by atoms with Gasteiger partial charge in [-0.15, -0.1) is 0 Å². The summed E-state index contributed by atoms with van der Waals surface area (Å²) in [5.41, 5.74) is 10.9. The Hall–Kier alpha value is -10.2. The molecule has 27 heteroatoms. The number of anilines is 12. The van der Waals surface area contributed by atoms with Crippen molar-refractivity contribution >= 4 is 117 Å². The smallest absolute Gasteiger partial charge is 0.314 e. The van der Waals surface area contributed by atoms with Crippen LogP contribution in [0.5, 0.6) is 0 Å². The number of ether oxygens (including phenoxy) is 6. The quantitative estimate of drug-likeness (QED) is 0.0180. The molecule has 0 spiro atoms. The normalized spacial score (nSPS) is 17.3. The van der Waals surface area contributed by atoms with Crippen molar-refractivity contribution in [3.05, 3.63) is 184 Å². The zero-order valence-electron chi connectivity index (χ0n) is 75.8. The van der Waals surface area contributed by atoms with Crippen LogP contribution in [0.2, 0.25) is 10.0 Å². The molecule has 6 heterocycles. The minimum absolute atomic E-state index is 0.339. The second kappa shape index (κ2) is 44.7. The Morgan fingerprint density at radius 3 is 1.26 bits per heavy atom. The zero-order valence-corrected chi connectivity index (χ0v) is 77.3. The number of nitriles is 1. The Morgan fingerprint density at radius 2 is 0.906 bits per heavy atom. The number of carboxylic acid groups (broad SMARTS) is 1. The first kappa shape index (κ1) is 95.9. The molecule has 4 saturated carbocycles. The van der Waals surface area contributed by atoms with Gasteiger partial charge in [-0.05, 0) is 258 Å². The lowest BCUT2D eigenvalue weighted by atomic mass is 9.65. The van der Waals surface area contributed by atoms with E-state index in [1.165, 1.54) is 11.8 Å². The van der Waals surface area contributed by atoms with Crippen LogP contribution in [0.4, 0.5) is 72.9 Å². The van der Waals surface area contributed by atoms with E-state index in [0.717, 1.165) is 249 Å². The molecule has 3 aromatic heterocycles. The number of pyridine rings is 2. The summed E-state index contributed by atoms with van der Waals surface area (Å²) in [6.45, 7) is 33.0. The number of hydrogen-bond donors (Lipinski definition) is 5. The SMILES string of the molecule is CC(C)CN(CC(C)C)c1ncc(C2(C(=O)O)CCC2)cc1Nc1ccc(Cl)cc1.CC(C)CN(c1ccc(C2(OC=O)CCC2)cc1Nc1ccc(C#N)cn1)C1CCOCC1.CC(C)CN(c1ccc(C2(OC=O)CCC2)cc1Nc1ccc(Cl)cc1F)C1CCOCC1.CC(C)CN(c1ccc(C2(OC=O)CCC2)cc1Nc1cnn(C)c1)C1CCOCC1. The number of carboxylic acids is 1. The van der Waals surface area contributed by atoms with Gasteiger partial charge >= 0.3 is 5.97 Å². The third-order valence-corrected chi connectivity index (χ3v) is 25.8. The van der Waals surface area contributed by atoms with Crippen molar-refractivity contribution in [2.24, 2.45) is 36.6 Å². The highest BCUT2D eigenvalue weighted by Gasteiger charge is 2.48. The molecule has 3 aliphatic heterocycles. The van der Waals surface area contributed by atoms with Crippen LogP contribution in [0.15, 0.2) is 140 Å². The molecule has 4 aliphatic carbocycles. The number of hydrogen-bond acceptors (Lipinski definition) is 22. The number of carbonyl (C=O) groups is 4. The fourth-order valence-corrected chi connectivity index (χ4v) is 18.6. The molecular formula is C100H130Cl2FN13O11. The summed E-state index contributed by atoms with van der Waals surface area (Å²) in [5, 5.41) is 38.2. The van der Waals surface area contributed by atoms with Gasteiger partial charge in [-0.25, -0.2) is 14.4 Å². The first-order valence-corrected chi connectivity index (χ1v) is 46.4. The number of aryl methyl sites for hydroxylation is 1. The van der Waals surface area contributed by atoms with E-state index in [1.54, 1.807) is 35.3 Å². The van der Waals surface area contributed by atoms with Crippen molar-refractivity contribution in [2.75, 3.05) is 113 Å². The molecule has 0 atom stereocenters. The molecule has 0 amide bonds. The second-order valence-corrected chi connectivity index (χ2v) is 38.0. The minimum Gasteiger partial charge on any atom is -0.481 e. The van der Waals surface area contributed by atoms with Gasteiger partial charge in [0.25, 0.3) is 19.4 Å². The van der Waals surface area contributed by atoms with Crippen LogP contribution in [0.1, 0.15) is 213 Å². The van der Waals surface area contributed by atoms with Gasteiger partial charge in [0.2, 0.25) is 0 Å². The third kappa shape index (κ3) is 24.4. The van der Waals surface area contributed by atoms with Crippen molar-refractivity contribution in [1.29, 1.82) is 5.26 Å². The first-order chi connectivity index (χ1) is 61.2. The van der Waals surface area contributed by atoms with Gasteiger partial charge in [-0.3, -0.25) is 23.9 Å². The van der Waals surface area contributed by atoms with Crippen LogP contribution in [0.3, 0.4) is 0 Å². The fourth-order valence-electron chi connectivity index (χ4n) is 18.3. The molecule has 5 aromatic carbocycles. The molecule has 7 fully saturated rings. The number of aromatic nitrogens is 4. The lowest BCUT2D eigenvalue weighted by molar-refractivity contribution is -0.156. The van der Waals surface area contributed by atoms with Gasteiger partial charge in [0.1, 0.15) is 34.5 Å². The Bertz CT molecular complexity index is 4940. The standard InChI is InChI=1S/C26H32ClFN2O3.C26H32N4O3.C24H32ClN3O2.C24H34N4O3/c1-18(2)16-30(21-8-12-32-13-9-21)25-7-4-19(26(33-17-31)10-3-11-26)14-24(25)29-23-6-5-20(27)15-22(23)28;1-19(2)17-30(22-8-12-32-13-9-22)24-6-5-21(26(33-18-31)10-3-11-26)14-23(24)29-25-7-4-20(15-27)16-28-25;1-16(2)14-28(15-17(3)4)22-21(27-20-8-6-19(25)7-9-20)12-18(13-26-22)24(23(29)30)10-5-11-24;1-18(2)15-28(21-7-11-30-12-8-21)23-6-5-19(24(31-17-29)9-4-10-24)13-22(23)26-20-14-25-27(3)16-20/h4-7,14-15,17-18,21,29H,3,8-13,16H2,1-2H3;4-7,14,16,18-19,22H,3,8-13,17H2,1-2H3,(H,28,29);6-9,12-13,16-17,27H,5,10-11,14-15H2,1-4H3,(H,29,30);5-6,13-14,16-18,21,26H,4,7-12,15H2,1-3H3. The number of halogens is 3. The van der Waals surface area contributed by atoms with E-state index in [2.05, 4.69) is 169 Å². The molecule has 0 bridgehead atoms. The van der Waals surface area contributed by atoms with Gasteiger partial charge in [-0.2, -0.15) is 10.4 Å². The summed E-state index contributed by atoms with van der Waals surface area (Å²) >= 11 is 12.0. The average molecular weight is 1780 g/mol. The largest absolute Gasteiger partial charge is 0.481 e. The predicted octanol–water partition coefficient (Wildman–Crippen LogP) is 21.8. The van der Waals surface area contributed by atoms with Crippen LogP contribution in [-0.4, -0.2) is 141 Å². The van der Waals surface area contributed by atoms with Gasteiger partial charge in [0, 0.05) is 132 Å². The maximum atomic E-state index is 14.7. The maximum Gasteiger partial charge on any atom is 0.314 e. The summed E-state index contributed by atoms with van der Waals surface area (Å²) in [5.74, 6) is 2.78. The highest BCUT2D eigenvalue weighted by molar-refractivity contribution is 6.31. The van der Waals surface area contributed by atoms with Crippen molar-refractivity contribution in [3.63, 3.8) is 0 Å². The Kier molecular flexibility index (Phi) is 33.7. The topological polar surface area (TPSA) is 272 Å². The van der Waals surface area contributed by atoms with Crippen molar-refractivity contribution in [2.45, 2.75) is 225 Å². The zero-order chi connectivity index (χ0) is 90.4.